The number of carbonyl (C=O) groups is 1. The fourth-order valence-electron chi connectivity index (χ4n) is 6.22. The fourth-order valence-corrected chi connectivity index (χ4v) is 6.38. The van der Waals surface area contributed by atoms with E-state index in [9.17, 15) is 4.79 Å². The van der Waals surface area contributed by atoms with Gasteiger partial charge in [0.1, 0.15) is 6.10 Å². The number of ether oxygens (including phenoxy) is 2. The lowest BCUT2D eigenvalue weighted by atomic mass is 9.94. The van der Waals surface area contributed by atoms with E-state index in [1.165, 1.54) is 11.3 Å². The van der Waals surface area contributed by atoms with Crippen LogP contribution in [0.3, 0.4) is 0 Å². The maximum absolute atomic E-state index is 13.2. The van der Waals surface area contributed by atoms with Crippen LogP contribution in [0.2, 0.25) is 5.02 Å². The molecule has 4 aromatic rings. The summed E-state index contributed by atoms with van der Waals surface area (Å²) in [7, 11) is 0. The molecule has 9 nitrogen and oxygen atoms in total. The molecule has 0 saturated carbocycles. The van der Waals surface area contributed by atoms with Gasteiger partial charge in [-0.1, -0.05) is 83.5 Å². The average Bonchev–Trinajstić information content (AvgIpc) is 3.75. The molecule has 0 bridgehead atoms. The van der Waals surface area contributed by atoms with Crippen molar-refractivity contribution in [2.75, 3.05) is 44.3 Å². The largest absolute Gasteiger partial charge is 0.444 e. The zero-order valence-electron chi connectivity index (χ0n) is 25.7. The molecule has 2 saturated heterocycles. The van der Waals surface area contributed by atoms with Crippen LogP contribution in [0.4, 0.5) is 10.5 Å². The molecule has 1 N–H and O–H groups in total. The molecular formula is C35H41ClN6O3. The number of piperazine rings is 1. The third kappa shape index (κ3) is 8.42. The second kappa shape index (κ2) is 14.9. The van der Waals surface area contributed by atoms with Gasteiger partial charge < -0.3 is 19.7 Å². The highest BCUT2D eigenvalue weighted by molar-refractivity contribution is 6.30. The lowest BCUT2D eigenvalue weighted by molar-refractivity contribution is 0.0785. The minimum absolute atomic E-state index is 0.191. The fraction of sp³-hybridized carbons (Fsp3) is 0.400. The summed E-state index contributed by atoms with van der Waals surface area (Å²) in [5.41, 5.74) is 5.62. The molecule has 10 heteroatoms. The Morgan fingerprint density at radius 1 is 1.00 bits per heavy atom. The first-order valence-electron chi connectivity index (χ1n) is 15.8. The van der Waals surface area contributed by atoms with Crippen LogP contribution in [0.25, 0.3) is 0 Å². The predicted molar refractivity (Wildman–Crippen MR) is 176 cm³/mol. The van der Waals surface area contributed by atoms with Crippen molar-refractivity contribution in [3.05, 3.63) is 112 Å². The zero-order valence-corrected chi connectivity index (χ0v) is 26.5. The number of hydrogen-bond acceptors (Lipinski definition) is 7. The number of rotatable bonds is 11. The maximum atomic E-state index is 13.2. The van der Waals surface area contributed by atoms with Gasteiger partial charge in [0.15, 0.2) is 0 Å². The third-order valence-electron chi connectivity index (χ3n) is 8.68. The van der Waals surface area contributed by atoms with Crippen molar-refractivity contribution in [1.29, 1.82) is 0 Å². The molecule has 3 heterocycles. The minimum atomic E-state index is -0.433. The van der Waals surface area contributed by atoms with E-state index in [0.29, 0.717) is 39.0 Å². The molecule has 45 heavy (non-hydrogen) atoms. The van der Waals surface area contributed by atoms with Crippen molar-refractivity contribution in [3.63, 3.8) is 0 Å². The van der Waals surface area contributed by atoms with Crippen molar-refractivity contribution in [2.45, 2.75) is 50.9 Å². The first kappa shape index (κ1) is 31.1. The molecule has 236 valence electrons. The second-order valence-electron chi connectivity index (χ2n) is 12.0. The first-order valence-corrected chi connectivity index (χ1v) is 16.1. The summed E-state index contributed by atoms with van der Waals surface area (Å²) in [5.74, 6) is 0. The lowest BCUT2D eigenvalue weighted by Gasteiger charge is -2.36. The van der Waals surface area contributed by atoms with E-state index in [1.807, 2.05) is 53.3 Å². The predicted octanol–water partition coefficient (Wildman–Crippen LogP) is 5.47. The van der Waals surface area contributed by atoms with Crippen LogP contribution in [-0.4, -0.2) is 77.5 Å². The molecule has 2 fully saturated rings. The summed E-state index contributed by atoms with van der Waals surface area (Å²) >= 11 is 6.29. The van der Waals surface area contributed by atoms with Gasteiger partial charge in [-0.05, 0) is 48.6 Å². The third-order valence-corrected chi connectivity index (χ3v) is 8.92. The van der Waals surface area contributed by atoms with Crippen LogP contribution in [0, 0.1) is 6.92 Å². The van der Waals surface area contributed by atoms with Crippen molar-refractivity contribution in [1.82, 2.24) is 25.2 Å². The van der Waals surface area contributed by atoms with Crippen molar-refractivity contribution < 1.29 is 14.3 Å². The number of hydrogen-bond donors (Lipinski definition) is 1. The van der Waals surface area contributed by atoms with E-state index >= 15 is 0 Å². The molecule has 2 aliphatic heterocycles. The van der Waals surface area contributed by atoms with Crippen LogP contribution in [0.1, 0.15) is 34.8 Å². The Kier molecular flexibility index (Phi) is 10.3. The summed E-state index contributed by atoms with van der Waals surface area (Å²) in [5, 5.41) is 13.2. The van der Waals surface area contributed by atoms with E-state index in [4.69, 9.17) is 21.1 Å². The first-order chi connectivity index (χ1) is 22.0. The van der Waals surface area contributed by atoms with Crippen molar-refractivity contribution in [3.8, 4) is 0 Å². The van der Waals surface area contributed by atoms with Crippen LogP contribution in [-0.2, 0) is 28.9 Å². The standard InChI is InChI=1S/C35H41ClN6O3/c1-26-12-13-29(36)22-33(26)41-17-15-40(16-18-41)23-30-24-42(39-38-30)34(21-28-10-6-3-7-11-28)32(20-27-8-4-2-5-9-27)37-35(43)45-31-14-19-44-25-31/h2-13,22,24,31-32,34H,14-21,23,25H2,1H3,(H,37,43)/t31-,32-,34-/m0/s1. The van der Waals surface area contributed by atoms with Gasteiger partial charge in [-0.15, -0.1) is 5.10 Å². The normalized spacial score (nSPS) is 18.4. The summed E-state index contributed by atoms with van der Waals surface area (Å²) < 4.78 is 13.1. The van der Waals surface area contributed by atoms with E-state index in [0.717, 1.165) is 48.0 Å². The number of nitrogens with zero attached hydrogens (tertiary/aromatic N) is 5. The van der Waals surface area contributed by atoms with E-state index in [2.05, 4.69) is 68.8 Å². The molecule has 0 unspecified atom stereocenters. The molecule has 3 atom stereocenters. The van der Waals surface area contributed by atoms with Gasteiger partial charge in [0, 0.05) is 49.9 Å². The number of alkyl carbamates (subject to hydrolysis) is 1. The second-order valence-corrected chi connectivity index (χ2v) is 12.4. The minimum Gasteiger partial charge on any atom is -0.444 e. The van der Waals surface area contributed by atoms with Gasteiger partial charge in [0.25, 0.3) is 0 Å². The van der Waals surface area contributed by atoms with E-state index in [-0.39, 0.29) is 18.2 Å². The number of halogens is 1. The van der Waals surface area contributed by atoms with Gasteiger partial charge in [-0.3, -0.25) is 4.90 Å². The topological polar surface area (TPSA) is 84.8 Å². The molecular weight excluding hydrogens is 588 g/mol. The van der Waals surface area contributed by atoms with Crippen LogP contribution in [0.15, 0.2) is 85.1 Å². The monoisotopic (exact) mass is 628 g/mol. The Labute approximate surface area is 270 Å². The number of aryl methyl sites for hydroxylation is 1. The van der Waals surface area contributed by atoms with Crippen LogP contribution in [0.5, 0.6) is 0 Å². The number of amides is 1. The van der Waals surface area contributed by atoms with Gasteiger partial charge in [0.2, 0.25) is 0 Å². The number of benzene rings is 3. The number of carbonyl (C=O) groups excluding carboxylic acids is 1. The van der Waals surface area contributed by atoms with Gasteiger partial charge in [0.05, 0.1) is 37.2 Å². The smallest absolute Gasteiger partial charge is 0.407 e. The highest BCUT2D eigenvalue weighted by Crippen LogP contribution is 2.26. The summed E-state index contributed by atoms with van der Waals surface area (Å²) in [6, 6.07) is 26.1. The van der Waals surface area contributed by atoms with Crippen molar-refractivity contribution in [2.24, 2.45) is 0 Å². The maximum Gasteiger partial charge on any atom is 0.407 e. The van der Waals surface area contributed by atoms with E-state index < -0.39 is 6.09 Å². The Bertz CT molecular complexity index is 1520. The molecule has 1 aromatic heterocycles. The summed E-state index contributed by atoms with van der Waals surface area (Å²) in [6.45, 7) is 7.56. The molecule has 1 amide bonds. The highest BCUT2D eigenvalue weighted by Gasteiger charge is 2.30. The van der Waals surface area contributed by atoms with Gasteiger partial charge in [-0.25, -0.2) is 9.48 Å². The quantitative estimate of drug-likeness (QED) is 0.236. The number of anilines is 1. The molecule has 0 radical (unpaired) electrons. The summed E-state index contributed by atoms with van der Waals surface area (Å²) in [4.78, 5) is 18.0. The number of aromatic nitrogens is 3. The summed E-state index contributed by atoms with van der Waals surface area (Å²) in [6.07, 6.45) is 3.38. The molecule has 0 aliphatic carbocycles. The number of nitrogens with one attached hydrogen (secondary N) is 1. The molecule has 2 aliphatic rings. The van der Waals surface area contributed by atoms with Gasteiger partial charge >= 0.3 is 6.09 Å². The Morgan fingerprint density at radius 3 is 2.40 bits per heavy atom. The Morgan fingerprint density at radius 2 is 1.71 bits per heavy atom. The zero-order chi connectivity index (χ0) is 31.0. The molecule has 3 aromatic carbocycles. The SMILES string of the molecule is Cc1ccc(Cl)cc1N1CCN(Cc2cn([C@@H](Cc3ccccc3)[C@H](Cc3ccccc3)NC(=O)O[C@H]3CCOC3)nn2)CC1. The lowest BCUT2D eigenvalue weighted by Crippen LogP contribution is -2.46. The van der Waals surface area contributed by atoms with Crippen LogP contribution < -0.4 is 10.2 Å². The van der Waals surface area contributed by atoms with E-state index in [1.54, 1.807) is 0 Å². The molecule has 0 spiro atoms. The molecule has 6 rings (SSSR count). The average molecular weight is 629 g/mol. The van der Waals surface area contributed by atoms with Gasteiger partial charge in [-0.2, -0.15) is 0 Å². The van der Waals surface area contributed by atoms with Crippen molar-refractivity contribution >= 4 is 23.4 Å². The highest BCUT2D eigenvalue weighted by atomic mass is 35.5. The van der Waals surface area contributed by atoms with Crippen LogP contribution >= 0.6 is 11.6 Å². The Balaban J connectivity index is 1.19. The Hall–Kier alpha value is -3.92.